The number of rotatable bonds is 4. The van der Waals surface area contributed by atoms with Crippen LogP contribution >= 0.6 is 22.9 Å². The minimum Gasteiger partial charge on any atom is -0.507 e. The Bertz CT molecular complexity index is 1460. The molecular formula is C25H16ClFN2O4S. The number of carbonyl (C=O) groups is 2. The Hall–Kier alpha value is -3.75. The van der Waals surface area contributed by atoms with E-state index in [0.29, 0.717) is 32.1 Å². The van der Waals surface area contributed by atoms with Crippen LogP contribution in [0.25, 0.3) is 16.0 Å². The molecule has 1 amide bonds. The van der Waals surface area contributed by atoms with E-state index in [2.05, 4.69) is 4.98 Å². The molecule has 170 valence electrons. The van der Waals surface area contributed by atoms with Crippen LogP contribution in [0.2, 0.25) is 5.02 Å². The lowest BCUT2D eigenvalue weighted by molar-refractivity contribution is -0.132. The van der Waals surface area contributed by atoms with Crippen LogP contribution in [0, 0.1) is 5.82 Å². The Kier molecular flexibility index (Phi) is 5.55. The van der Waals surface area contributed by atoms with E-state index in [1.807, 2.05) is 0 Å². The minimum atomic E-state index is -0.952. The van der Waals surface area contributed by atoms with E-state index in [0.717, 1.165) is 11.3 Å². The van der Waals surface area contributed by atoms with Gasteiger partial charge in [0.25, 0.3) is 5.78 Å². The number of ketones is 1. The number of thiazole rings is 1. The van der Waals surface area contributed by atoms with Crippen LogP contribution in [0.1, 0.15) is 17.2 Å². The molecule has 1 aliphatic heterocycles. The van der Waals surface area contributed by atoms with Crippen molar-refractivity contribution in [3.63, 3.8) is 0 Å². The number of nitrogens with zero attached hydrogens (tertiary/aromatic N) is 2. The predicted molar refractivity (Wildman–Crippen MR) is 129 cm³/mol. The third-order valence-corrected chi connectivity index (χ3v) is 6.81. The second-order valence-electron chi connectivity index (χ2n) is 7.56. The average molecular weight is 495 g/mol. The highest BCUT2D eigenvalue weighted by Crippen LogP contribution is 2.44. The summed E-state index contributed by atoms with van der Waals surface area (Å²) in [6.45, 7) is 0. The van der Waals surface area contributed by atoms with Crippen LogP contribution < -0.4 is 9.64 Å². The molecule has 1 atom stereocenters. The molecule has 1 saturated heterocycles. The fourth-order valence-electron chi connectivity index (χ4n) is 3.88. The minimum absolute atomic E-state index is 0.0806. The number of hydrogen-bond acceptors (Lipinski definition) is 6. The normalized spacial score (nSPS) is 17.5. The molecular weight excluding hydrogens is 479 g/mol. The molecule has 0 aliphatic carbocycles. The fraction of sp³-hybridized carbons (Fsp3) is 0.0800. The number of halogens is 2. The summed E-state index contributed by atoms with van der Waals surface area (Å²) in [5.74, 6) is -1.85. The number of aliphatic hydroxyl groups excluding tert-OH is 1. The molecule has 0 bridgehead atoms. The van der Waals surface area contributed by atoms with Gasteiger partial charge in [-0.3, -0.25) is 14.5 Å². The number of methoxy groups -OCH3 is 1. The predicted octanol–water partition coefficient (Wildman–Crippen LogP) is 5.72. The van der Waals surface area contributed by atoms with Gasteiger partial charge in [0.2, 0.25) is 0 Å². The summed E-state index contributed by atoms with van der Waals surface area (Å²) in [4.78, 5) is 32.1. The Morgan fingerprint density at radius 2 is 1.79 bits per heavy atom. The number of anilines is 1. The second kappa shape index (κ2) is 8.55. The van der Waals surface area contributed by atoms with Gasteiger partial charge in [-0.05, 0) is 60.2 Å². The Morgan fingerprint density at radius 3 is 2.47 bits per heavy atom. The molecule has 1 N–H and O–H groups in total. The SMILES string of the molecule is COc1ccc(C2C(=C(O)c3ccc(Cl)cc3)C(=O)C(=O)N2c2nc3ccc(F)cc3s2)cc1. The average Bonchev–Trinajstić information content (AvgIpc) is 3.37. The van der Waals surface area contributed by atoms with Crippen molar-refractivity contribution in [2.24, 2.45) is 0 Å². The molecule has 1 fully saturated rings. The molecule has 1 aromatic heterocycles. The van der Waals surface area contributed by atoms with Crippen molar-refractivity contribution in [3.05, 3.63) is 94.3 Å². The topological polar surface area (TPSA) is 79.7 Å². The molecule has 2 heterocycles. The highest BCUT2D eigenvalue weighted by atomic mass is 35.5. The van der Waals surface area contributed by atoms with Crippen LogP contribution in [-0.2, 0) is 9.59 Å². The van der Waals surface area contributed by atoms with Crippen LogP contribution in [0.3, 0.4) is 0 Å². The monoisotopic (exact) mass is 494 g/mol. The molecule has 9 heteroatoms. The molecule has 0 saturated carbocycles. The number of hydrogen-bond donors (Lipinski definition) is 1. The summed E-state index contributed by atoms with van der Waals surface area (Å²) < 4.78 is 19.5. The largest absolute Gasteiger partial charge is 0.507 e. The molecule has 0 spiro atoms. The molecule has 1 aliphatic rings. The van der Waals surface area contributed by atoms with E-state index in [1.54, 1.807) is 48.5 Å². The number of ether oxygens (including phenoxy) is 1. The van der Waals surface area contributed by atoms with Crippen molar-refractivity contribution in [2.75, 3.05) is 12.0 Å². The van der Waals surface area contributed by atoms with Gasteiger partial charge in [0.15, 0.2) is 5.13 Å². The molecule has 4 aromatic rings. The number of amides is 1. The number of Topliss-reactive ketones (excluding diaryl/α,β-unsaturated/α-hetero) is 1. The van der Waals surface area contributed by atoms with Crippen molar-refractivity contribution >= 4 is 55.7 Å². The zero-order chi connectivity index (χ0) is 24.0. The Labute approximate surface area is 202 Å². The Balaban J connectivity index is 1.72. The zero-order valence-corrected chi connectivity index (χ0v) is 19.2. The maximum Gasteiger partial charge on any atom is 0.301 e. The van der Waals surface area contributed by atoms with Crippen molar-refractivity contribution in [1.29, 1.82) is 0 Å². The van der Waals surface area contributed by atoms with Gasteiger partial charge in [-0.2, -0.15) is 0 Å². The smallest absolute Gasteiger partial charge is 0.301 e. The van der Waals surface area contributed by atoms with Crippen molar-refractivity contribution in [1.82, 2.24) is 4.98 Å². The van der Waals surface area contributed by atoms with Crippen LogP contribution in [0.5, 0.6) is 5.75 Å². The highest BCUT2D eigenvalue weighted by molar-refractivity contribution is 7.22. The lowest BCUT2D eigenvalue weighted by Crippen LogP contribution is -2.29. The lowest BCUT2D eigenvalue weighted by atomic mass is 9.95. The van der Waals surface area contributed by atoms with E-state index in [-0.39, 0.29) is 16.5 Å². The fourth-order valence-corrected chi connectivity index (χ4v) is 5.03. The van der Waals surface area contributed by atoms with Crippen molar-refractivity contribution in [2.45, 2.75) is 6.04 Å². The number of benzene rings is 3. The van der Waals surface area contributed by atoms with Gasteiger partial charge in [-0.25, -0.2) is 9.37 Å². The standard InChI is InChI=1S/C25H16ClFN2O4S/c1-33-17-9-4-13(5-10-17)21-20(22(30)14-2-6-15(26)7-3-14)23(31)24(32)29(21)25-28-18-11-8-16(27)12-19(18)34-25/h2-12,21,30H,1H3. The summed E-state index contributed by atoms with van der Waals surface area (Å²) in [5.41, 5.74) is 1.32. The van der Waals surface area contributed by atoms with Gasteiger partial charge in [0.1, 0.15) is 17.3 Å². The second-order valence-corrected chi connectivity index (χ2v) is 9.00. The summed E-state index contributed by atoms with van der Waals surface area (Å²) in [7, 11) is 1.53. The van der Waals surface area contributed by atoms with Gasteiger partial charge in [0, 0.05) is 10.6 Å². The third-order valence-electron chi connectivity index (χ3n) is 5.54. The number of fused-ring (bicyclic) bond motifs is 1. The van der Waals surface area contributed by atoms with E-state index < -0.39 is 23.5 Å². The first-order chi connectivity index (χ1) is 16.4. The summed E-state index contributed by atoms with van der Waals surface area (Å²) >= 11 is 7.05. The van der Waals surface area contributed by atoms with Crippen LogP contribution in [0.4, 0.5) is 9.52 Å². The molecule has 5 rings (SSSR count). The maximum absolute atomic E-state index is 13.7. The lowest BCUT2D eigenvalue weighted by Gasteiger charge is -2.23. The van der Waals surface area contributed by atoms with Gasteiger partial charge in [0.05, 0.1) is 28.9 Å². The summed E-state index contributed by atoms with van der Waals surface area (Å²) in [6.07, 6.45) is 0. The van der Waals surface area contributed by atoms with Crippen molar-refractivity contribution < 1.29 is 23.8 Å². The first-order valence-corrected chi connectivity index (χ1v) is 11.3. The summed E-state index contributed by atoms with van der Waals surface area (Å²) in [5, 5.41) is 11.8. The van der Waals surface area contributed by atoms with Gasteiger partial charge in [-0.15, -0.1) is 0 Å². The first kappa shape index (κ1) is 22.1. The highest BCUT2D eigenvalue weighted by Gasteiger charge is 2.48. The van der Waals surface area contributed by atoms with E-state index in [4.69, 9.17) is 16.3 Å². The third kappa shape index (κ3) is 3.70. The molecule has 1 unspecified atom stereocenters. The van der Waals surface area contributed by atoms with E-state index in [1.165, 1.54) is 30.2 Å². The molecule has 3 aromatic carbocycles. The molecule has 0 radical (unpaired) electrons. The van der Waals surface area contributed by atoms with Crippen LogP contribution in [0.15, 0.2) is 72.3 Å². The Morgan fingerprint density at radius 1 is 1.09 bits per heavy atom. The van der Waals surface area contributed by atoms with Gasteiger partial charge >= 0.3 is 5.91 Å². The molecule has 34 heavy (non-hydrogen) atoms. The van der Waals surface area contributed by atoms with Crippen molar-refractivity contribution in [3.8, 4) is 5.75 Å². The van der Waals surface area contributed by atoms with Gasteiger partial charge < -0.3 is 9.84 Å². The zero-order valence-electron chi connectivity index (χ0n) is 17.7. The molecule has 6 nitrogen and oxygen atoms in total. The van der Waals surface area contributed by atoms with Crippen LogP contribution in [-0.4, -0.2) is 28.9 Å². The maximum atomic E-state index is 13.7. The number of aliphatic hydroxyl groups is 1. The number of aromatic nitrogens is 1. The first-order valence-electron chi connectivity index (χ1n) is 10.1. The van der Waals surface area contributed by atoms with Gasteiger partial charge in [-0.1, -0.05) is 35.1 Å². The summed E-state index contributed by atoms with van der Waals surface area (Å²) in [6, 6.07) is 16.3. The number of carbonyl (C=O) groups excluding carboxylic acids is 2. The quantitative estimate of drug-likeness (QED) is 0.223. The van der Waals surface area contributed by atoms with E-state index >= 15 is 0 Å². The van der Waals surface area contributed by atoms with E-state index in [9.17, 15) is 19.1 Å².